The first kappa shape index (κ1) is 12.7. The van der Waals surface area contributed by atoms with Crippen molar-refractivity contribution in [3.63, 3.8) is 0 Å². The number of hydrogen-bond donors (Lipinski definition) is 1. The number of hydrogen-bond acceptors (Lipinski definition) is 4. The van der Waals surface area contributed by atoms with Gasteiger partial charge in [0.15, 0.2) is 0 Å². The number of anilines is 1. The van der Waals surface area contributed by atoms with Crippen molar-refractivity contribution in [1.82, 2.24) is 4.98 Å². The second-order valence-electron chi connectivity index (χ2n) is 4.70. The Bertz CT molecular complexity index is 610. The first-order valence-electron chi connectivity index (χ1n) is 6.49. The molecule has 0 fully saturated rings. The van der Waals surface area contributed by atoms with Crippen molar-refractivity contribution in [1.29, 1.82) is 0 Å². The second-order valence-corrected chi connectivity index (χ2v) is 4.70. The van der Waals surface area contributed by atoms with Crippen LogP contribution in [-0.4, -0.2) is 17.2 Å². The molecule has 0 saturated carbocycles. The molecule has 0 saturated heterocycles. The predicted molar refractivity (Wildman–Crippen MR) is 77.0 cm³/mol. The minimum absolute atomic E-state index is 0.0627. The third-order valence-corrected chi connectivity index (χ3v) is 3.37. The molecule has 0 bridgehead atoms. The number of nitrogens with two attached hydrogens (primary N) is 1. The molecule has 4 nitrogen and oxygen atoms in total. The predicted octanol–water partition coefficient (Wildman–Crippen LogP) is 2.49. The maximum atomic E-state index is 13.1. The highest BCUT2D eigenvalue weighted by atomic mass is 19.1. The minimum Gasteiger partial charge on any atom is -0.325 e. The Morgan fingerprint density at radius 3 is 2.70 bits per heavy atom. The van der Waals surface area contributed by atoms with E-state index in [1.165, 1.54) is 12.1 Å². The van der Waals surface area contributed by atoms with Gasteiger partial charge in [-0.25, -0.2) is 4.39 Å². The van der Waals surface area contributed by atoms with E-state index in [2.05, 4.69) is 10.1 Å². The van der Waals surface area contributed by atoms with Crippen molar-refractivity contribution in [2.75, 3.05) is 11.6 Å². The summed E-state index contributed by atoms with van der Waals surface area (Å²) in [6, 6.07) is 10.3. The fourth-order valence-electron chi connectivity index (χ4n) is 2.36. The topological polar surface area (TPSA) is 54.5 Å². The average Bonchev–Trinajstić information content (AvgIpc) is 2.93. The van der Waals surface area contributed by atoms with Gasteiger partial charge in [0.1, 0.15) is 5.82 Å². The SMILES string of the molecule is NCC1=NN(c2ccc(F)cc2)C(c2cccnc2)C1. The van der Waals surface area contributed by atoms with Crippen LogP contribution in [0.5, 0.6) is 0 Å². The van der Waals surface area contributed by atoms with Crippen molar-refractivity contribution in [2.45, 2.75) is 12.5 Å². The number of rotatable bonds is 3. The summed E-state index contributed by atoms with van der Waals surface area (Å²) in [5, 5.41) is 6.43. The summed E-state index contributed by atoms with van der Waals surface area (Å²) in [6.07, 6.45) is 4.33. The fourth-order valence-corrected chi connectivity index (χ4v) is 2.36. The first-order chi connectivity index (χ1) is 9.78. The lowest BCUT2D eigenvalue weighted by Gasteiger charge is -2.23. The Morgan fingerprint density at radius 1 is 1.25 bits per heavy atom. The standard InChI is InChI=1S/C15H15FN4/c16-12-3-5-14(6-4-12)20-15(8-13(9-17)19-20)11-2-1-7-18-10-11/h1-7,10,15H,8-9,17H2. The Morgan fingerprint density at radius 2 is 2.05 bits per heavy atom. The van der Waals surface area contributed by atoms with Crippen LogP contribution in [0.15, 0.2) is 53.9 Å². The number of benzene rings is 1. The molecule has 0 spiro atoms. The largest absolute Gasteiger partial charge is 0.325 e. The molecule has 5 heteroatoms. The Kier molecular flexibility index (Phi) is 3.43. The van der Waals surface area contributed by atoms with E-state index in [9.17, 15) is 4.39 Å². The lowest BCUT2D eigenvalue weighted by Crippen LogP contribution is -2.18. The summed E-state index contributed by atoms with van der Waals surface area (Å²) < 4.78 is 13.1. The molecule has 1 aliphatic rings. The normalized spacial score (nSPS) is 18.2. The van der Waals surface area contributed by atoms with E-state index < -0.39 is 0 Å². The smallest absolute Gasteiger partial charge is 0.123 e. The fraction of sp³-hybridized carbons (Fsp3) is 0.200. The lowest BCUT2D eigenvalue weighted by atomic mass is 10.0. The minimum atomic E-state index is -0.256. The van der Waals surface area contributed by atoms with Crippen LogP contribution in [0.25, 0.3) is 0 Å². The number of nitrogens with zero attached hydrogens (tertiary/aromatic N) is 3. The zero-order valence-electron chi connectivity index (χ0n) is 10.9. The van der Waals surface area contributed by atoms with Gasteiger partial charge in [0.2, 0.25) is 0 Å². The van der Waals surface area contributed by atoms with Crippen molar-refractivity contribution in [3.05, 3.63) is 60.2 Å². The van der Waals surface area contributed by atoms with Crippen LogP contribution in [-0.2, 0) is 0 Å². The summed E-state index contributed by atoms with van der Waals surface area (Å²) in [4.78, 5) is 4.15. The van der Waals surface area contributed by atoms with Gasteiger partial charge in [-0.3, -0.25) is 9.99 Å². The zero-order valence-corrected chi connectivity index (χ0v) is 10.9. The second kappa shape index (κ2) is 5.38. The van der Waals surface area contributed by atoms with E-state index in [4.69, 9.17) is 5.73 Å². The van der Waals surface area contributed by atoms with Crippen LogP contribution in [0.1, 0.15) is 18.0 Å². The van der Waals surface area contributed by atoms with Crippen molar-refractivity contribution >= 4 is 11.4 Å². The van der Waals surface area contributed by atoms with Crippen molar-refractivity contribution < 1.29 is 4.39 Å². The van der Waals surface area contributed by atoms with Gasteiger partial charge < -0.3 is 5.73 Å². The maximum absolute atomic E-state index is 13.1. The van der Waals surface area contributed by atoms with Gasteiger partial charge >= 0.3 is 0 Å². The molecule has 1 aliphatic heterocycles. The maximum Gasteiger partial charge on any atom is 0.123 e. The highest BCUT2D eigenvalue weighted by molar-refractivity contribution is 5.90. The summed E-state index contributed by atoms with van der Waals surface area (Å²) in [6.45, 7) is 0.425. The number of aromatic nitrogens is 1. The molecule has 1 unspecified atom stereocenters. The van der Waals surface area contributed by atoms with Crippen molar-refractivity contribution in [3.8, 4) is 0 Å². The van der Waals surface area contributed by atoms with E-state index in [0.717, 1.165) is 23.4 Å². The molecule has 1 aromatic heterocycles. The van der Waals surface area contributed by atoms with Crippen LogP contribution in [0.2, 0.25) is 0 Å². The van der Waals surface area contributed by atoms with E-state index in [-0.39, 0.29) is 11.9 Å². The van der Waals surface area contributed by atoms with E-state index in [1.54, 1.807) is 18.3 Å². The molecule has 2 N–H and O–H groups in total. The molecule has 1 aromatic carbocycles. The molecule has 3 rings (SSSR count). The van der Waals surface area contributed by atoms with E-state index in [1.807, 2.05) is 23.3 Å². The van der Waals surface area contributed by atoms with E-state index >= 15 is 0 Å². The van der Waals surface area contributed by atoms with Crippen LogP contribution in [0, 0.1) is 5.82 Å². The molecule has 0 amide bonds. The monoisotopic (exact) mass is 270 g/mol. The van der Waals surface area contributed by atoms with Gasteiger partial charge in [0.05, 0.1) is 17.4 Å². The van der Waals surface area contributed by atoms with Crippen LogP contribution in [0.4, 0.5) is 10.1 Å². The number of hydrazone groups is 1. The number of pyridine rings is 1. The molecule has 20 heavy (non-hydrogen) atoms. The van der Waals surface area contributed by atoms with Gasteiger partial charge in [-0.05, 0) is 35.9 Å². The summed E-state index contributed by atoms with van der Waals surface area (Å²) in [7, 11) is 0. The van der Waals surface area contributed by atoms with Crippen molar-refractivity contribution in [2.24, 2.45) is 10.8 Å². The molecule has 0 radical (unpaired) electrons. The first-order valence-corrected chi connectivity index (χ1v) is 6.49. The Labute approximate surface area is 116 Å². The van der Waals surface area contributed by atoms with E-state index in [0.29, 0.717) is 6.54 Å². The third kappa shape index (κ3) is 2.40. The molecule has 2 aromatic rings. The van der Waals surface area contributed by atoms with Gasteiger partial charge in [-0.15, -0.1) is 0 Å². The summed E-state index contributed by atoms with van der Waals surface area (Å²) >= 11 is 0. The molecule has 1 atom stereocenters. The molecule has 102 valence electrons. The Balaban J connectivity index is 1.96. The molecule has 2 heterocycles. The molecular formula is C15H15FN4. The van der Waals surface area contributed by atoms with Gasteiger partial charge in [0.25, 0.3) is 0 Å². The number of halogens is 1. The van der Waals surface area contributed by atoms with Gasteiger partial charge in [0, 0.05) is 25.4 Å². The zero-order chi connectivity index (χ0) is 13.9. The average molecular weight is 270 g/mol. The highest BCUT2D eigenvalue weighted by Crippen LogP contribution is 2.34. The van der Waals surface area contributed by atoms with Crippen LogP contribution < -0.4 is 10.7 Å². The van der Waals surface area contributed by atoms with Gasteiger partial charge in [-0.2, -0.15) is 5.10 Å². The van der Waals surface area contributed by atoms with Crippen LogP contribution in [0.3, 0.4) is 0 Å². The molecular weight excluding hydrogens is 255 g/mol. The highest BCUT2D eigenvalue weighted by Gasteiger charge is 2.28. The summed E-state index contributed by atoms with van der Waals surface area (Å²) in [5.74, 6) is -0.256. The third-order valence-electron chi connectivity index (χ3n) is 3.37. The van der Waals surface area contributed by atoms with Crippen LogP contribution >= 0.6 is 0 Å². The molecule has 0 aliphatic carbocycles. The Hall–Kier alpha value is -2.27. The van der Waals surface area contributed by atoms with Gasteiger partial charge in [-0.1, -0.05) is 6.07 Å². The quantitative estimate of drug-likeness (QED) is 0.932. The summed E-state index contributed by atoms with van der Waals surface area (Å²) in [5.41, 5.74) is 8.56. The lowest BCUT2D eigenvalue weighted by molar-refractivity contribution is 0.626.